The monoisotopic (exact) mass is 770 g/mol. The molecule has 226 valence electrons. The molecule has 1 aromatic heterocycles. The van der Waals surface area contributed by atoms with Crippen LogP contribution in [-0.4, -0.2) is 48.9 Å². The number of pyridine rings is 1. The predicted molar refractivity (Wildman–Crippen MR) is 176 cm³/mol. The second-order valence-corrected chi connectivity index (χ2v) is 11.7. The van der Waals surface area contributed by atoms with Gasteiger partial charge >= 0.3 is 0 Å². The number of methoxy groups -OCH3 is 2. The second-order valence-electron chi connectivity index (χ2n) is 9.78. The lowest BCUT2D eigenvalue weighted by Crippen LogP contribution is -2.37. The lowest BCUT2D eigenvalue weighted by molar-refractivity contribution is -0.136. The Morgan fingerprint density at radius 2 is 1.91 bits per heavy atom. The Labute approximate surface area is 276 Å². The standard InChI is InChI=1S/C32H28BrIN4O6/c1-18-29(33)25(16-40-3)24(14-35)32(36-18)43-17-28-38(19(2)39)37-31(44-28)22-12-26(34)30(27(13-22)41-4)42-15-21-10-7-9-20-8-5-6-11-23(20)21/h5-13,28H,15-17H2,1-4H3. The van der Waals surface area contributed by atoms with Crippen LogP contribution in [0.4, 0.5) is 0 Å². The molecule has 12 heteroatoms. The van der Waals surface area contributed by atoms with Crippen molar-refractivity contribution in [3.63, 3.8) is 0 Å². The molecule has 4 aromatic rings. The average Bonchev–Trinajstić information content (AvgIpc) is 3.46. The van der Waals surface area contributed by atoms with E-state index in [1.54, 1.807) is 27.2 Å². The molecular weight excluding hydrogens is 743 g/mol. The average molecular weight is 771 g/mol. The molecule has 0 bridgehead atoms. The SMILES string of the molecule is COCc1c(Br)c(C)nc(OCC2OC(c3cc(I)c(OCc4cccc5ccccc45)c(OC)c3)=NN2C(C)=O)c1C#N. The quantitative estimate of drug-likeness (QED) is 0.169. The molecule has 2 heterocycles. The number of aromatic nitrogens is 1. The fourth-order valence-corrected chi connectivity index (χ4v) is 5.94. The molecular formula is C32H28BrIN4O6. The van der Waals surface area contributed by atoms with Crippen molar-refractivity contribution in [3.05, 3.63) is 90.6 Å². The Morgan fingerprint density at radius 1 is 1.14 bits per heavy atom. The number of fused-ring (bicyclic) bond motifs is 1. The maximum atomic E-state index is 12.5. The van der Waals surface area contributed by atoms with Gasteiger partial charge in [-0.25, -0.2) is 4.98 Å². The highest BCUT2D eigenvalue weighted by Gasteiger charge is 2.34. The number of nitrogens with zero attached hydrogens (tertiary/aromatic N) is 4. The summed E-state index contributed by atoms with van der Waals surface area (Å²) >= 11 is 5.66. The molecule has 0 spiro atoms. The zero-order valence-corrected chi connectivity index (χ0v) is 28.1. The molecule has 0 radical (unpaired) electrons. The maximum absolute atomic E-state index is 12.5. The molecule has 0 N–H and O–H groups in total. The highest BCUT2D eigenvalue weighted by molar-refractivity contribution is 14.1. The topological polar surface area (TPSA) is 116 Å². The van der Waals surface area contributed by atoms with Crippen LogP contribution in [-0.2, 0) is 27.5 Å². The Kier molecular flexibility index (Phi) is 9.87. The number of nitriles is 1. The van der Waals surface area contributed by atoms with Gasteiger partial charge < -0.3 is 23.7 Å². The van der Waals surface area contributed by atoms with Gasteiger partial charge in [0.25, 0.3) is 0 Å². The highest BCUT2D eigenvalue weighted by Crippen LogP contribution is 2.36. The van der Waals surface area contributed by atoms with E-state index in [-0.39, 0.29) is 36.5 Å². The van der Waals surface area contributed by atoms with Crippen LogP contribution in [0.25, 0.3) is 10.8 Å². The van der Waals surface area contributed by atoms with Gasteiger partial charge in [-0.2, -0.15) is 10.3 Å². The number of hydrogen-bond donors (Lipinski definition) is 0. The van der Waals surface area contributed by atoms with Crippen molar-refractivity contribution < 1.29 is 28.5 Å². The first-order chi connectivity index (χ1) is 21.2. The third-order valence-electron chi connectivity index (χ3n) is 6.90. The van der Waals surface area contributed by atoms with Crippen LogP contribution in [0.5, 0.6) is 17.4 Å². The number of hydrogen-bond acceptors (Lipinski definition) is 9. The van der Waals surface area contributed by atoms with E-state index in [0.29, 0.717) is 39.4 Å². The Bertz CT molecular complexity index is 1800. The summed E-state index contributed by atoms with van der Waals surface area (Å²) in [5, 5.41) is 17.7. The summed E-state index contributed by atoms with van der Waals surface area (Å²) in [5.41, 5.74) is 3.13. The summed E-state index contributed by atoms with van der Waals surface area (Å²) in [4.78, 5) is 16.9. The predicted octanol–water partition coefficient (Wildman–Crippen LogP) is 6.46. The summed E-state index contributed by atoms with van der Waals surface area (Å²) in [6.07, 6.45) is -0.892. The Balaban J connectivity index is 1.36. The Morgan fingerprint density at radius 3 is 2.64 bits per heavy atom. The van der Waals surface area contributed by atoms with E-state index in [1.807, 2.05) is 30.3 Å². The number of aryl methyl sites for hydroxylation is 1. The van der Waals surface area contributed by atoms with Crippen LogP contribution in [0.3, 0.4) is 0 Å². The van der Waals surface area contributed by atoms with E-state index >= 15 is 0 Å². The van der Waals surface area contributed by atoms with Gasteiger partial charge in [-0.05, 0) is 73.9 Å². The molecule has 1 unspecified atom stereocenters. The Hall–Kier alpha value is -3.93. The van der Waals surface area contributed by atoms with Gasteiger partial charge in [0, 0.05) is 29.6 Å². The molecule has 0 saturated heterocycles. The zero-order valence-electron chi connectivity index (χ0n) is 24.4. The number of hydrazone groups is 1. The molecule has 1 amide bonds. The van der Waals surface area contributed by atoms with Crippen LogP contribution in [0, 0.1) is 21.8 Å². The summed E-state index contributed by atoms with van der Waals surface area (Å²) in [6.45, 7) is 3.59. The van der Waals surface area contributed by atoms with Crippen molar-refractivity contribution in [1.82, 2.24) is 9.99 Å². The highest BCUT2D eigenvalue weighted by atomic mass is 127. The van der Waals surface area contributed by atoms with Crippen LogP contribution < -0.4 is 14.2 Å². The molecule has 0 fully saturated rings. The van der Waals surface area contributed by atoms with Crippen LogP contribution in [0.15, 0.2) is 64.2 Å². The third kappa shape index (κ3) is 6.45. The number of carbonyl (C=O) groups is 1. The normalized spacial score (nSPS) is 14.2. The van der Waals surface area contributed by atoms with Crippen molar-refractivity contribution in [1.29, 1.82) is 5.26 Å². The number of amides is 1. The summed E-state index contributed by atoms with van der Waals surface area (Å²) in [7, 11) is 3.10. The van der Waals surface area contributed by atoms with Gasteiger partial charge in [-0.15, -0.1) is 5.10 Å². The van der Waals surface area contributed by atoms with Crippen molar-refractivity contribution in [3.8, 4) is 23.4 Å². The number of rotatable bonds is 10. The zero-order chi connectivity index (χ0) is 31.4. The molecule has 0 aliphatic carbocycles. The fraction of sp³-hybridized carbons (Fsp3) is 0.250. The molecule has 1 aliphatic rings. The summed E-state index contributed by atoms with van der Waals surface area (Å²) in [5.74, 6) is 1.06. The van der Waals surface area contributed by atoms with E-state index < -0.39 is 6.23 Å². The van der Waals surface area contributed by atoms with E-state index in [9.17, 15) is 10.1 Å². The van der Waals surface area contributed by atoms with Crippen molar-refractivity contribution >= 4 is 61.1 Å². The van der Waals surface area contributed by atoms with Gasteiger partial charge in [-0.3, -0.25) is 4.79 Å². The minimum absolute atomic E-state index is 0.115. The van der Waals surface area contributed by atoms with E-state index in [0.717, 1.165) is 19.9 Å². The van der Waals surface area contributed by atoms with E-state index in [2.05, 4.69) is 72.9 Å². The molecule has 1 atom stereocenters. The smallest absolute Gasteiger partial charge is 0.243 e. The van der Waals surface area contributed by atoms with Gasteiger partial charge in [0.05, 0.1) is 23.0 Å². The first-order valence-corrected chi connectivity index (χ1v) is 15.4. The minimum Gasteiger partial charge on any atom is -0.493 e. The van der Waals surface area contributed by atoms with Gasteiger partial charge in [0.15, 0.2) is 11.5 Å². The molecule has 5 rings (SSSR count). The summed E-state index contributed by atoms with van der Waals surface area (Å²) in [6, 6.07) is 20.0. The van der Waals surface area contributed by atoms with E-state index in [4.69, 9.17) is 23.7 Å². The van der Waals surface area contributed by atoms with Gasteiger partial charge in [0.2, 0.25) is 23.9 Å². The van der Waals surface area contributed by atoms with Crippen LogP contribution >= 0.6 is 38.5 Å². The lowest BCUT2D eigenvalue weighted by atomic mass is 10.1. The molecule has 1 aliphatic heterocycles. The van der Waals surface area contributed by atoms with Crippen molar-refractivity contribution in [2.75, 3.05) is 20.8 Å². The second kappa shape index (κ2) is 13.8. The minimum atomic E-state index is -0.892. The third-order valence-corrected chi connectivity index (χ3v) is 8.75. The van der Waals surface area contributed by atoms with Gasteiger partial charge in [-0.1, -0.05) is 42.5 Å². The number of halogens is 2. The number of ether oxygens (including phenoxy) is 5. The molecule has 10 nitrogen and oxygen atoms in total. The largest absolute Gasteiger partial charge is 0.493 e. The number of benzene rings is 3. The fourth-order valence-electron chi connectivity index (χ4n) is 4.78. The molecule has 3 aromatic carbocycles. The van der Waals surface area contributed by atoms with Crippen LogP contribution in [0.2, 0.25) is 0 Å². The van der Waals surface area contributed by atoms with E-state index in [1.165, 1.54) is 11.9 Å². The molecule has 44 heavy (non-hydrogen) atoms. The van der Waals surface area contributed by atoms with Crippen molar-refractivity contribution in [2.45, 2.75) is 33.3 Å². The lowest BCUT2D eigenvalue weighted by Gasteiger charge is -2.20. The first-order valence-electron chi connectivity index (χ1n) is 13.5. The van der Waals surface area contributed by atoms with Crippen LogP contribution in [0.1, 0.15) is 34.9 Å². The summed E-state index contributed by atoms with van der Waals surface area (Å²) < 4.78 is 30.7. The first kappa shape index (κ1) is 31.5. The maximum Gasteiger partial charge on any atom is 0.243 e. The molecule has 0 saturated carbocycles. The number of carbonyl (C=O) groups excluding carboxylic acids is 1. The van der Waals surface area contributed by atoms with Gasteiger partial charge in [0.1, 0.15) is 24.8 Å². The van der Waals surface area contributed by atoms with Crippen molar-refractivity contribution in [2.24, 2.45) is 5.10 Å².